The molecule has 0 atom stereocenters. The van der Waals surface area contributed by atoms with Crippen molar-refractivity contribution >= 4 is 40.8 Å². The van der Waals surface area contributed by atoms with Gasteiger partial charge >= 0.3 is 6.03 Å². The van der Waals surface area contributed by atoms with Crippen LogP contribution in [0.2, 0.25) is 10.0 Å². The first kappa shape index (κ1) is 22.4. The molecule has 1 fully saturated rings. The van der Waals surface area contributed by atoms with E-state index >= 15 is 0 Å². The highest BCUT2D eigenvalue weighted by atomic mass is 35.5. The molecule has 2 aromatic rings. The van der Waals surface area contributed by atoms with Gasteiger partial charge in [0.2, 0.25) is 0 Å². The fourth-order valence-electron chi connectivity index (χ4n) is 3.64. The zero-order valence-electron chi connectivity index (χ0n) is 17.5. The summed E-state index contributed by atoms with van der Waals surface area (Å²) in [6, 6.07) is 10.6. The van der Waals surface area contributed by atoms with E-state index < -0.39 is 0 Å². The highest BCUT2D eigenvalue weighted by Crippen LogP contribution is 2.26. The molecule has 0 bridgehead atoms. The number of nitrogens with zero attached hydrogens (tertiary/aromatic N) is 2. The van der Waals surface area contributed by atoms with E-state index in [0.717, 1.165) is 37.1 Å². The molecule has 3 amide bonds. The van der Waals surface area contributed by atoms with Crippen molar-refractivity contribution in [3.05, 3.63) is 63.1 Å². The summed E-state index contributed by atoms with van der Waals surface area (Å²) in [5.74, 6) is -0.0264. The minimum absolute atomic E-state index is 0.0264. The van der Waals surface area contributed by atoms with Crippen LogP contribution in [0.25, 0.3) is 0 Å². The second-order valence-corrected chi connectivity index (χ2v) is 8.71. The summed E-state index contributed by atoms with van der Waals surface area (Å²) in [6.45, 7) is 7.69. The lowest BCUT2D eigenvalue weighted by Gasteiger charge is -2.28. The summed E-state index contributed by atoms with van der Waals surface area (Å²) in [5, 5.41) is 3.90. The van der Waals surface area contributed by atoms with Crippen molar-refractivity contribution in [3.8, 4) is 0 Å². The molecule has 3 rings (SSSR count). The first-order valence-electron chi connectivity index (χ1n) is 10.2. The molecule has 30 heavy (non-hydrogen) atoms. The smallest absolute Gasteiger partial charge is 0.322 e. The van der Waals surface area contributed by atoms with Gasteiger partial charge in [-0.2, -0.15) is 0 Å². The topological polar surface area (TPSA) is 52.7 Å². The van der Waals surface area contributed by atoms with E-state index in [-0.39, 0.29) is 18.0 Å². The Morgan fingerprint density at radius 3 is 2.43 bits per heavy atom. The molecule has 1 aliphatic heterocycles. The number of carbonyl (C=O) groups is 2. The van der Waals surface area contributed by atoms with E-state index in [4.69, 9.17) is 23.2 Å². The van der Waals surface area contributed by atoms with Gasteiger partial charge in [0.05, 0.1) is 21.3 Å². The Morgan fingerprint density at radius 1 is 1.10 bits per heavy atom. The number of carbonyl (C=O) groups excluding carboxylic acids is 2. The highest BCUT2D eigenvalue weighted by molar-refractivity contribution is 6.42. The number of nitrogens with one attached hydrogen (secondary N) is 1. The average Bonchev–Trinajstić information content (AvgIpc) is 3.23. The van der Waals surface area contributed by atoms with Crippen LogP contribution < -0.4 is 5.32 Å². The third-order valence-electron chi connectivity index (χ3n) is 5.34. The van der Waals surface area contributed by atoms with E-state index in [2.05, 4.69) is 5.32 Å². The SMILES string of the molecule is Cc1cccc(NC(=O)N(Cc2ccc(Cl)c(Cl)c2)C(C)C)c1C(=O)N1CCCC1. The van der Waals surface area contributed by atoms with E-state index in [1.54, 1.807) is 23.1 Å². The third-order valence-corrected chi connectivity index (χ3v) is 6.08. The third kappa shape index (κ3) is 5.08. The summed E-state index contributed by atoms with van der Waals surface area (Å²) in [6.07, 6.45) is 2.04. The van der Waals surface area contributed by atoms with Crippen LogP contribution in [0.3, 0.4) is 0 Å². The van der Waals surface area contributed by atoms with Crippen LogP contribution in [0, 0.1) is 6.92 Å². The zero-order chi connectivity index (χ0) is 21.8. The number of halogens is 2. The van der Waals surface area contributed by atoms with Gasteiger partial charge in [-0.25, -0.2) is 4.79 Å². The number of anilines is 1. The normalized spacial score (nSPS) is 13.6. The molecule has 0 saturated carbocycles. The van der Waals surface area contributed by atoms with Gasteiger partial charge in [0.1, 0.15) is 0 Å². The van der Waals surface area contributed by atoms with Crippen LogP contribution in [-0.4, -0.2) is 40.9 Å². The van der Waals surface area contributed by atoms with Crippen molar-refractivity contribution in [2.75, 3.05) is 18.4 Å². The molecule has 2 aromatic carbocycles. The van der Waals surface area contributed by atoms with Crippen LogP contribution in [0.4, 0.5) is 10.5 Å². The van der Waals surface area contributed by atoms with Crippen molar-refractivity contribution in [2.45, 2.75) is 46.2 Å². The minimum Gasteiger partial charge on any atom is -0.339 e. The Kier molecular flexibility index (Phi) is 7.27. The Hall–Kier alpha value is -2.24. The molecule has 1 heterocycles. The summed E-state index contributed by atoms with van der Waals surface area (Å²) >= 11 is 12.1. The van der Waals surface area contributed by atoms with E-state index in [1.165, 1.54) is 0 Å². The second-order valence-electron chi connectivity index (χ2n) is 7.90. The van der Waals surface area contributed by atoms with Gasteiger partial charge in [-0.15, -0.1) is 0 Å². The van der Waals surface area contributed by atoms with Crippen LogP contribution >= 0.6 is 23.2 Å². The zero-order valence-corrected chi connectivity index (χ0v) is 19.1. The van der Waals surface area contributed by atoms with Crippen molar-refractivity contribution < 1.29 is 9.59 Å². The number of hydrogen-bond donors (Lipinski definition) is 1. The van der Waals surface area contributed by atoms with E-state index in [9.17, 15) is 9.59 Å². The van der Waals surface area contributed by atoms with Crippen LogP contribution in [0.5, 0.6) is 0 Å². The number of aryl methyl sites for hydroxylation is 1. The van der Waals surface area contributed by atoms with Gasteiger partial charge in [-0.05, 0) is 62.9 Å². The first-order valence-corrected chi connectivity index (χ1v) is 10.9. The number of amides is 3. The van der Waals surface area contributed by atoms with Gasteiger partial charge in [-0.1, -0.05) is 41.4 Å². The Bertz CT molecular complexity index is 940. The van der Waals surface area contributed by atoms with Crippen molar-refractivity contribution in [1.29, 1.82) is 0 Å². The molecule has 0 aromatic heterocycles. The van der Waals surface area contributed by atoms with Gasteiger partial charge in [0, 0.05) is 25.7 Å². The molecule has 0 unspecified atom stereocenters. The molecule has 160 valence electrons. The Labute approximate surface area is 187 Å². The summed E-state index contributed by atoms with van der Waals surface area (Å²) < 4.78 is 0. The molecule has 5 nitrogen and oxygen atoms in total. The molecule has 1 aliphatic rings. The van der Waals surface area contributed by atoms with Crippen LogP contribution in [-0.2, 0) is 6.54 Å². The Morgan fingerprint density at radius 2 is 1.80 bits per heavy atom. The highest BCUT2D eigenvalue weighted by Gasteiger charge is 2.25. The lowest BCUT2D eigenvalue weighted by atomic mass is 10.0. The van der Waals surface area contributed by atoms with Gasteiger partial charge < -0.3 is 15.1 Å². The number of likely N-dealkylation sites (tertiary alicyclic amines) is 1. The fraction of sp³-hybridized carbons (Fsp3) is 0.391. The van der Waals surface area contributed by atoms with Crippen molar-refractivity contribution in [1.82, 2.24) is 9.80 Å². The predicted octanol–water partition coefficient (Wildman–Crippen LogP) is 5.98. The molecular formula is C23H27Cl2N3O2. The first-order chi connectivity index (χ1) is 14.3. The molecule has 0 aliphatic carbocycles. The quantitative estimate of drug-likeness (QED) is 0.612. The van der Waals surface area contributed by atoms with E-state index in [0.29, 0.717) is 27.8 Å². The predicted molar refractivity (Wildman–Crippen MR) is 122 cm³/mol. The maximum absolute atomic E-state index is 13.1. The summed E-state index contributed by atoms with van der Waals surface area (Å²) in [5.41, 5.74) is 2.83. The maximum atomic E-state index is 13.1. The number of hydrogen-bond acceptors (Lipinski definition) is 2. The van der Waals surface area contributed by atoms with Gasteiger partial charge in [-0.3, -0.25) is 4.79 Å². The Balaban J connectivity index is 1.83. The molecule has 7 heteroatoms. The molecule has 0 spiro atoms. The number of benzene rings is 2. The molecule has 0 radical (unpaired) electrons. The fourth-order valence-corrected chi connectivity index (χ4v) is 3.97. The van der Waals surface area contributed by atoms with Gasteiger partial charge in [0.25, 0.3) is 5.91 Å². The van der Waals surface area contributed by atoms with E-state index in [1.807, 2.05) is 43.9 Å². The minimum atomic E-state index is -0.267. The number of rotatable bonds is 5. The molecular weight excluding hydrogens is 421 g/mol. The number of urea groups is 1. The van der Waals surface area contributed by atoms with Crippen LogP contribution in [0.1, 0.15) is 48.2 Å². The average molecular weight is 448 g/mol. The lowest BCUT2D eigenvalue weighted by Crippen LogP contribution is -2.40. The standard InChI is InChI=1S/C23H27Cl2N3O2/c1-15(2)28(14-17-9-10-18(24)19(25)13-17)23(30)26-20-8-6-7-16(3)21(20)22(29)27-11-4-5-12-27/h6-10,13,15H,4-5,11-12,14H2,1-3H3,(H,26,30). The van der Waals surface area contributed by atoms with Crippen molar-refractivity contribution in [2.24, 2.45) is 0 Å². The maximum Gasteiger partial charge on any atom is 0.322 e. The monoisotopic (exact) mass is 447 g/mol. The van der Waals surface area contributed by atoms with Crippen LogP contribution in [0.15, 0.2) is 36.4 Å². The largest absolute Gasteiger partial charge is 0.339 e. The van der Waals surface area contributed by atoms with Gasteiger partial charge in [0.15, 0.2) is 0 Å². The van der Waals surface area contributed by atoms with Crippen molar-refractivity contribution in [3.63, 3.8) is 0 Å². The molecule has 1 N–H and O–H groups in total. The molecule has 1 saturated heterocycles. The summed E-state index contributed by atoms with van der Waals surface area (Å²) in [4.78, 5) is 29.8. The second kappa shape index (κ2) is 9.71. The summed E-state index contributed by atoms with van der Waals surface area (Å²) in [7, 11) is 0. The lowest BCUT2D eigenvalue weighted by molar-refractivity contribution is 0.0793.